The summed E-state index contributed by atoms with van der Waals surface area (Å²) in [6, 6.07) is 2.16. The summed E-state index contributed by atoms with van der Waals surface area (Å²) in [5, 5.41) is 8.85. The molecule has 3 heteroatoms. The van der Waals surface area contributed by atoms with E-state index in [0.29, 0.717) is 5.92 Å². The molecule has 0 bridgehead atoms. The second kappa shape index (κ2) is 6.04. The molecule has 1 atom stereocenters. The summed E-state index contributed by atoms with van der Waals surface area (Å²) in [5.74, 6) is 2.38. The van der Waals surface area contributed by atoms with Gasteiger partial charge in [-0.3, -0.25) is 4.98 Å². The van der Waals surface area contributed by atoms with Crippen LogP contribution < -0.4 is 0 Å². The van der Waals surface area contributed by atoms with Gasteiger partial charge in [-0.2, -0.15) is 11.8 Å². The Hall–Kier alpha value is -0.540. The molecule has 0 aliphatic heterocycles. The van der Waals surface area contributed by atoms with Crippen LogP contribution in [-0.2, 0) is 5.75 Å². The normalized spacial score (nSPS) is 12.8. The fraction of sp³-hybridized carbons (Fsp3) is 0.545. The third kappa shape index (κ3) is 4.11. The Bertz CT molecular complexity index is 278. The van der Waals surface area contributed by atoms with Crippen molar-refractivity contribution in [2.45, 2.75) is 19.6 Å². The van der Waals surface area contributed by atoms with Gasteiger partial charge in [-0.15, -0.1) is 0 Å². The van der Waals surface area contributed by atoms with Gasteiger partial charge in [0.1, 0.15) is 0 Å². The van der Waals surface area contributed by atoms with E-state index in [1.165, 1.54) is 11.1 Å². The van der Waals surface area contributed by atoms with Crippen molar-refractivity contribution in [3.63, 3.8) is 0 Å². The Labute approximate surface area is 89.8 Å². The molecule has 0 radical (unpaired) electrons. The van der Waals surface area contributed by atoms with Crippen molar-refractivity contribution < 1.29 is 5.11 Å². The van der Waals surface area contributed by atoms with Gasteiger partial charge in [0.05, 0.1) is 0 Å². The first-order chi connectivity index (χ1) is 6.72. The van der Waals surface area contributed by atoms with Crippen LogP contribution in [0.1, 0.15) is 18.1 Å². The van der Waals surface area contributed by atoms with Gasteiger partial charge in [0.2, 0.25) is 0 Å². The Morgan fingerprint density at radius 3 is 2.93 bits per heavy atom. The number of nitrogens with zero attached hydrogens (tertiary/aromatic N) is 1. The van der Waals surface area contributed by atoms with Crippen molar-refractivity contribution in [2.75, 3.05) is 12.4 Å². The molecule has 0 amide bonds. The average molecular weight is 211 g/mol. The second-order valence-electron chi connectivity index (χ2n) is 3.67. The number of aliphatic hydroxyl groups excluding tert-OH is 1. The monoisotopic (exact) mass is 211 g/mol. The zero-order valence-corrected chi connectivity index (χ0v) is 9.55. The maximum Gasteiger partial charge on any atom is 0.0464 e. The van der Waals surface area contributed by atoms with Crippen LogP contribution >= 0.6 is 11.8 Å². The first-order valence-electron chi connectivity index (χ1n) is 4.81. The van der Waals surface area contributed by atoms with Crippen LogP contribution in [0.4, 0.5) is 0 Å². The van der Waals surface area contributed by atoms with Gasteiger partial charge in [0.25, 0.3) is 0 Å². The average Bonchev–Trinajstić information content (AvgIpc) is 2.17. The van der Waals surface area contributed by atoms with Crippen molar-refractivity contribution in [1.29, 1.82) is 0 Å². The van der Waals surface area contributed by atoms with Crippen molar-refractivity contribution in [3.8, 4) is 0 Å². The largest absolute Gasteiger partial charge is 0.396 e. The summed E-state index contributed by atoms with van der Waals surface area (Å²) in [7, 11) is 0. The smallest absolute Gasteiger partial charge is 0.0464 e. The van der Waals surface area contributed by atoms with Gasteiger partial charge in [0.15, 0.2) is 0 Å². The minimum Gasteiger partial charge on any atom is -0.396 e. The highest BCUT2D eigenvalue weighted by molar-refractivity contribution is 7.98. The molecule has 2 nitrogen and oxygen atoms in total. The number of aryl methyl sites for hydroxylation is 1. The third-order valence-corrected chi connectivity index (χ3v) is 3.26. The molecule has 0 saturated carbocycles. The second-order valence-corrected chi connectivity index (χ2v) is 4.70. The lowest BCUT2D eigenvalue weighted by molar-refractivity contribution is 0.250. The van der Waals surface area contributed by atoms with Gasteiger partial charge in [-0.05, 0) is 29.7 Å². The van der Waals surface area contributed by atoms with E-state index in [1.54, 1.807) is 0 Å². The fourth-order valence-electron chi connectivity index (χ4n) is 1.13. The topological polar surface area (TPSA) is 33.1 Å². The zero-order chi connectivity index (χ0) is 10.4. The molecule has 1 rings (SSSR count). The lowest BCUT2D eigenvalue weighted by Gasteiger charge is -2.06. The summed E-state index contributed by atoms with van der Waals surface area (Å²) < 4.78 is 0. The Balaban J connectivity index is 2.31. The third-order valence-electron chi connectivity index (χ3n) is 1.91. The lowest BCUT2D eigenvalue weighted by atomic mass is 10.2. The minimum absolute atomic E-state index is 0.277. The molecule has 0 aromatic carbocycles. The van der Waals surface area contributed by atoms with Gasteiger partial charge in [0, 0.05) is 24.8 Å². The predicted molar refractivity (Wildman–Crippen MR) is 61.4 cm³/mol. The molecule has 1 aromatic rings. The Morgan fingerprint density at radius 1 is 1.50 bits per heavy atom. The van der Waals surface area contributed by atoms with Gasteiger partial charge in [-0.25, -0.2) is 0 Å². The number of rotatable bonds is 5. The van der Waals surface area contributed by atoms with E-state index in [9.17, 15) is 0 Å². The number of hydrogen-bond acceptors (Lipinski definition) is 3. The van der Waals surface area contributed by atoms with Crippen molar-refractivity contribution >= 4 is 11.8 Å². The van der Waals surface area contributed by atoms with E-state index < -0.39 is 0 Å². The molecule has 1 heterocycles. The van der Waals surface area contributed by atoms with Crippen LogP contribution in [0.5, 0.6) is 0 Å². The molecular formula is C11H17NOS. The lowest BCUT2D eigenvalue weighted by Crippen LogP contribution is -2.03. The molecular weight excluding hydrogens is 194 g/mol. The molecule has 0 saturated heterocycles. The number of aliphatic hydroxyl groups is 1. The SMILES string of the molecule is Cc1cncc(CSCC(C)CO)c1. The number of thioether (sulfide) groups is 1. The molecule has 0 fully saturated rings. The molecule has 14 heavy (non-hydrogen) atoms. The molecule has 0 aliphatic rings. The first-order valence-corrected chi connectivity index (χ1v) is 5.97. The number of aromatic nitrogens is 1. The van der Waals surface area contributed by atoms with Crippen LogP contribution in [0.3, 0.4) is 0 Å². The van der Waals surface area contributed by atoms with E-state index in [0.717, 1.165) is 11.5 Å². The van der Waals surface area contributed by atoms with Crippen LogP contribution in [0.2, 0.25) is 0 Å². The highest BCUT2D eigenvalue weighted by Crippen LogP contribution is 2.15. The standard InChI is InChI=1S/C11H17NOS/c1-9-3-11(5-12-4-9)8-14-7-10(2)6-13/h3-5,10,13H,6-8H2,1-2H3. The number of pyridine rings is 1. The summed E-state index contributed by atoms with van der Waals surface area (Å²) >= 11 is 1.85. The molecule has 1 aromatic heterocycles. The van der Waals surface area contributed by atoms with E-state index in [2.05, 4.69) is 24.9 Å². The minimum atomic E-state index is 0.277. The van der Waals surface area contributed by atoms with Crippen molar-refractivity contribution in [2.24, 2.45) is 5.92 Å². The fourth-order valence-corrected chi connectivity index (χ4v) is 2.15. The van der Waals surface area contributed by atoms with Gasteiger partial charge in [-0.1, -0.05) is 13.0 Å². The van der Waals surface area contributed by atoms with Crippen molar-refractivity contribution in [3.05, 3.63) is 29.6 Å². The van der Waals surface area contributed by atoms with Crippen LogP contribution in [0, 0.1) is 12.8 Å². The van der Waals surface area contributed by atoms with E-state index >= 15 is 0 Å². The van der Waals surface area contributed by atoms with Crippen LogP contribution in [-0.4, -0.2) is 22.5 Å². The van der Waals surface area contributed by atoms with Gasteiger partial charge >= 0.3 is 0 Å². The maximum atomic E-state index is 8.85. The Kier molecular flexibility index (Phi) is 4.98. The predicted octanol–water partition coefficient (Wildman–Crippen LogP) is 2.25. The summed E-state index contributed by atoms with van der Waals surface area (Å²) in [5.41, 5.74) is 2.47. The van der Waals surface area contributed by atoms with E-state index in [-0.39, 0.29) is 6.61 Å². The van der Waals surface area contributed by atoms with Crippen molar-refractivity contribution in [1.82, 2.24) is 4.98 Å². The zero-order valence-electron chi connectivity index (χ0n) is 8.73. The molecule has 0 spiro atoms. The summed E-state index contributed by atoms with van der Waals surface area (Å²) in [6.07, 6.45) is 3.77. The maximum absolute atomic E-state index is 8.85. The van der Waals surface area contributed by atoms with Crippen LogP contribution in [0.15, 0.2) is 18.5 Å². The Morgan fingerprint density at radius 2 is 2.29 bits per heavy atom. The molecule has 0 aliphatic carbocycles. The molecule has 78 valence electrons. The number of hydrogen-bond donors (Lipinski definition) is 1. The highest BCUT2D eigenvalue weighted by Gasteiger charge is 2.00. The first kappa shape index (κ1) is 11.5. The van der Waals surface area contributed by atoms with E-state index in [4.69, 9.17) is 5.11 Å². The van der Waals surface area contributed by atoms with Crippen LogP contribution in [0.25, 0.3) is 0 Å². The quantitative estimate of drug-likeness (QED) is 0.811. The highest BCUT2D eigenvalue weighted by atomic mass is 32.2. The summed E-state index contributed by atoms with van der Waals surface area (Å²) in [4.78, 5) is 4.14. The molecule has 1 N–H and O–H groups in total. The molecule has 1 unspecified atom stereocenters. The summed E-state index contributed by atoms with van der Waals surface area (Å²) in [6.45, 7) is 4.39. The van der Waals surface area contributed by atoms with Gasteiger partial charge < -0.3 is 5.11 Å². The van der Waals surface area contributed by atoms with E-state index in [1.807, 2.05) is 24.2 Å².